The van der Waals surface area contributed by atoms with Gasteiger partial charge >= 0.3 is 0 Å². The lowest BCUT2D eigenvalue weighted by atomic mass is 10.1. The number of hydrogen-bond donors (Lipinski definition) is 0. The van der Waals surface area contributed by atoms with Gasteiger partial charge in [0, 0.05) is 29.5 Å². The van der Waals surface area contributed by atoms with Crippen LogP contribution in [0.4, 0.5) is 0 Å². The second-order valence-electron chi connectivity index (χ2n) is 4.41. The highest BCUT2D eigenvalue weighted by atomic mass is 79.9. The van der Waals surface area contributed by atoms with Gasteiger partial charge in [-0.25, -0.2) is 0 Å². The third-order valence-corrected chi connectivity index (χ3v) is 4.05. The standard InChI is InChI=1S/C14H17BrN2/c1-11(9-15)17(2)10-13-6-3-5-12-7-4-8-16-14(12)13/h3-8,11H,9-10H2,1-2H3. The largest absolute Gasteiger partial charge is 0.299 e. The lowest BCUT2D eigenvalue weighted by Gasteiger charge is -2.23. The van der Waals surface area contributed by atoms with Gasteiger partial charge in [0.25, 0.3) is 0 Å². The van der Waals surface area contributed by atoms with Gasteiger partial charge in [-0.2, -0.15) is 0 Å². The van der Waals surface area contributed by atoms with Crippen LogP contribution < -0.4 is 0 Å². The smallest absolute Gasteiger partial charge is 0.0746 e. The number of fused-ring (bicyclic) bond motifs is 1. The van der Waals surface area contributed by atoms with Crippen LogP contribution in [-0.4, -0.2) is 28.3 Å². The Morgan fingerprint density at radius 2 is 2.06 bits per heavy atom. The average Bonchev–Trinajstić information content (AvgIpc) is 2.38. The summed E-state index contributed by atoms with van der Waals surface area (Å²) in [5.74, 6) is 0. The molecule has 1 atom stereocenters. The molecule has 3 heteroatoms. The van der Waals surface area contributed by atoms with Crippen molar-refractivity contribution < 1.29 is 0 Å². The minimum Gasteiger partial charge on any atom is -0.299 e. The van der Waals surface area contributed by atoms with E-state index in [1.54, 1.807) is 0 Å². The van der Waals surface area contributed by atoms with Gasteiger partial charge in [0.2, 0.25) is 0 Å². The predicted molar refractivity (Wildman–Crippen MR) is 76.5 cm³/mol. The molecule has 0 saturated carbocycles. The third-order valence-electron chi connectivity index (χ3n) is 3.11. The highest BCUT2D eigenvalue weighted by Gasteiger charge is 2.10. The first-order valence-electron chi connectivity index (χ1n) is 5.81. The monoisotopic (exact) mass is 292 g/mol. The summed E-state index contributed by atoms with van der Waals surface area (Å²) in [5.41, 5.74) is 2.40. The minimum atomic E-state index is 0.522. The molecule has 0 spiro atoms. The Labute approximate surface area is 111 Å². The van der Waals surface area contributed by atoms with Crippen molar-refractivity contribution in [2.24, 2.45) is 0 Å². The molecule has 0 aliphatic rings. The second kappa shape index (κ2) is 5.61. The maximum Gasteiger partial charge on any atom is 0.0746 e. The van der Waals surface area contributed by atoms with E-state index in [1.807, 2.05) is 12.3 Å². The van der Waals surface area contributed by atoms with Crippen LogP contribution in [0.5, 0.6) is 0 Å². The Hall–Kier alpha value is -0.930. The fraction of sp³-hybridized carbons (Fsp3) is 0.357. The molecular formula is C14H17BrN2. The molecule has 0 radical (unpaired) electrons. The van der Waals surface area contributed by atoms with Crippen LogP contribution in [0.1, 0.15) is 12.5 Å². The van der Waals surface area contributed by atoms with Crippen LogP contribution in [-0.2, 0) is 6.54 Å². The molecule has 0 amide bonds. The van der Waals surface area contributed by atoms with E-state index in [2.05, 4.69) is 64.1 Å². The minimum absolute atomic E-state index is 0.522. The van der Waals surface area contributed by atoms with Gasteiger partial charge in [0.1, 0.15) is 0 Å². The number of benzene rings is 1. The molecule has 2 aromatic rings. The van der Waals surface area contributed by atoms with Crippen LogP contribution in [0.25, 0.3) is 10.9 Å². The van der Waals surface area contributed by atoms with E-state index in [0.29, 0.717) is 6.04 Å². The lowest BCUT2D eigenvalue weighted by molar-refractivity contribution is 0.271. The van der Waals surface area contributed by atoms with E-state index < -0.39 is 0 Å². The molecule has 2 rings (SSSR count). The van der Waals surface area contributed by atoms with Crippen molar-refractivity contribution in [3.63, 3.8) is 0 Å². The fourth-order valence-electron chi connectivity index (χ4n) is 1.84. The SMILES string of the molecule is CC(CBr)N(C)Cc1cccc2cccnc12. The number of alkyl halides is 1. The summed E-state index contributed by atoms with van der Waals surface area (Å²) in [6.45, 7) is 3.15. The van der Waals surface area contributed by atoms with E-state index in [4.69, 9.17) is 0 Å². The quantitative estimate of drug-likeness (QED) is 0.803. The first kappa shape index (κ1) is 12.5. The van der Waals surface area contributed by atoms with Gasteiger partial charge < -0.3 is 0 Å². The Balaban J connectivity index is 2.30. The van der Waals surface area contributed by atoms with Crippen LogP contribution >= 0.6 is 15.9 Å². The van der Waals surface area contributed by atoms with E-state index in [9.17, 15) is 0 Å². The third kappa shape index (κ3) is 2.85. The van der Waals surface area contributed by atoms with Crippen molar-refractivity contribution in [2.75, 3.05) is 12.4 Å². The maximum atomic E-state index is 4.48. The second-order valence-corrected chi connectivity index (χ2v) is 5.06. The predicted octanol–water partition coefficient (Wildman–Crippen LogP) is 3.45. The normalized spacial score (nSPS) is 13.2. The molecule has 0 aliphatic carbocycles. The van der Waals surface area contributed by atoms with Crippen LogP contribution in [0, 0.1) is 0 Å². The van der Waals surface area contributed by atoms with Crippen molar-refractivity contribution in [1.82, 2.24) is 9.88 Å². The molecule has 1 aromatic heterocycles. The van der Waals surface area contributed by atoms with Crippen molar-refractivity contribution >= 4 is 26.8 Å². The first-order chi connectivity index (χ1) is 8.22. The number of pyridine rings is 1. The summed E-state index contributed by atoms with van der Waals surface area (Å²) in [6.07, 6.45) is 1.86. The van der Waals surface area contributed by atoms with Crippen molar-refractivity contribution in [3.05, 3.63) is 42.1 Å². The van der Waals surface area contributed by atoms with Gasteiger partial charge in [0.15, 0.2) is 0 Å². The summed E-state index contributed by atoms with van der Waals surface area (Å²) in [5, 5.41) is 2.20. The molecule has 0 bridgehead atoms. The molecule has 17 heavy (non-hydrogen) atoms. The zero-order valence-electron chi connectivity index (χ0n) is 10.2. The average molecular weight is 293 g/mol. The summed E-state index contributed by atoms with van der Waals surface area (Å²) in [7, 11) is 2.15. The van der Waals surface area contributed by atoms with Crippen LogP contribution in [0.15, 0.2) is 36.5 Å². The number of halogens is 1. The van der Waals surface area contributed by atoms with Crippen LogP contribution in [0.2, 0.25) is 0 Å². The number of rotatable bonds is 4. The lowest BCUT2D eigenvalue weighted by Crippen LogP contribution is -2.29. The molecule has 0 aliphatic heterocycles. The first-order valence-corrected chi connectivity index (χ1v) is 6.93. The summed E-state index contributed by atoms with van der Waals surface area (Å²) >= 11 is 3.52. The fourth-order valence-corrected chi connectivity index (χ4v) is 2.33. The Bertz CT molecular complexity index is 493. The number of para-hydroxylation sites is 1. The molecule has 1 aromatic carbocycles. The Kier molecular flexibility index (Phi) is 4.13. The molecule has 1 heterocycles. The highest BCUT2D eigenvalue weighted by Crippen LogP contribution is 2.18. The van der Waals surface area contributed by atoms with Gasteiger partial charge in [-0.15, -0.1) is 0 Å². The summed E-state index contributed by atoms with van der Waals surface area (Å²) < 4.78 is 0. The van der Waals surface area contributed by atoms with E-state index in [0.717, 1.165) is 17.4 Å². The molecule has 2 nitrogen and oxygen atoms in total. The van der Waals surface area contributed by atoms with Crippen molar-refractivity contribution in [3.8, 4) is 0 Å². The zero-order valence-corrected chi connectivity index (χ0v) is 11.8. The molecule has 0 N–H and O–H groups in total. The van der Waals surface area contributed by atoms with Crippen molar-refractivity contribution in [2.45, 2.75) is 19.5 Å². The molecular weight excluding hydrogens is 276 g/mol. The molecule has 90 valence electrons. The number of nitrogens with zero attached hydrogens (tertiary/aromatic N) is 2. The molecule has 0 fully saturated rings. The highest BCUT2D eigenvalue weighted by molar-refractivity contribution is 9.09. The Morgan fingerprint density at radius 1 is 1.29 bits per heavy atom. The molecule has 1 unspecified atom stereocenters. The summed E-state index contributed by atoms with van der Waals surface area (Å²) in [4.78, 5) is 6.81. The van der Waals surface area contributed by atoms with E-state index >= 15 is 0 Å². The number of hydrogen-bond acceptors (Lipinski definition) is 2. The van der Waals surface area contributed by atoms with E-state index in [-0.39, 0.29) is 0 Å². The summed E-state index contributed by atoms with van der Waals surface area (Å²) in [6, 6.07) is 11.0. The van der Waals surface area contributed by atoms with Gasteiger partial charge in [-0.1, -0.05) is 40.2 Å². The van der Waals surface area contributed by atoms with Gasteiger partial charge in [-0.05, 0) is 25.6 Å². The van der Waals surface area contributed by atoms with Gasteiger partial charge in [-0.3, -0.25) is 9.88 Å². The van der Waals surface area contributed by atoms with E-state index in [1.165, 1.54) is 10.9 Å². The maximum absolute atomic E-state index is 4.48. The topological polar surface area (TPSA) is 16.1 Å². The van der Waals surface area contributed by atoms with Crippen molar-refractivity contribution in [1.29, 1.82) is 0 Å². The van der Waals surface area contributed by atoms with Crippen LogP contribution in [0.3, 0.4) is 0 Å². The molecule has 0 saturated heterocycles. The Morgan fingerprint density at radius 3 is 2.82 bits per heavy atom. The zero-order chi connectivity index (χ0) is 12.3. The van der Waals surface area contributed by atoms with Gasteiger partial charge in [0.05, 0.1) is 5.52 Å². The number of aromatic nitrogens is 1.